The van der Waals surface area contributed by atoms with Gasteiger partial charge in [-0.3, -0.25) is 0 Å². The molecule has 1 saturated carbocycles. The lowest BCUT2D eigenvalue weighted by molar-refractivity contribution is 0.312. The van der Waals surface area contributed by atoms with Crippen molar-refractivity contribution in [1.29, 1.82) is 5.26 Å². The molecule has 1 aliphatic rings. The van der Waals surface area contributed by atoms with Gasteiger partial charge < -0.3 is 0 Å². The number of allylic oxidation sites excluding steroid dienone is 4. The Balaban J connectivity index is 1.71. The molecule has 0 heterocycles. The molecule has 0 aliphatic heterocycles. The van der Waals surface area contributed by atoms with Gasteiger partial charge in [-0.1, -0.05) is 49.8 Å². The summed E-state index contributed by atoms with van der Waals surface area (Å²) in [5.41, 5.74) is 2.98. The van der Waals surface area contributed by atoms with Gasteiger partial charge in [-0.15, -0.1) is 0 Å². The minimum Gasteiger partial charge on any atom is -0.195 e. The number of nitriles is 1. The van der Waals surface area contributed by atoms with E-state index in [1.165, 1.54) is 74.6 Å². The van der Waals surface area contributed by atoms with Crippen LogP contribution in [0.1, 0.15) is 75.3 Å². The lowest BCUT2D eigenvalue weighted by atomic mass is 9.77. The van der Waals surface area contributed by atoms with E-state index in [-0.39, 0.29) is 0 Å². The van der Waals surface area contributed by atoms with Crippen LogP contribution in [0.25, 0.3) is 0 Å². The fraction of sp³-hybridized carbons (Fsp3) is 0.522. The Bertz CT molecular complexity index is 598. The van der Waals surface area contributed by atoms with Crippen LogP contribution in [0.3, 0.4) is 0 Å². The predicted octanol–water partition coefficient (Wildman–Crippen LogP) is 7.02. The van der Waals surface area contributed by atoms with E-state index in [0.29, 0.717) is 0 Å². The first-order chi connectivity index (χ1) is 12.2. The Kier molecular flexibility index (Phi) is 8.46. The van der Waals surface area contributed by atoms with Gasteiger partial charge in [-0.2, -0.15) is 9.65 Å². The van der Waals surface area contributed by atoms with Crippen LogP contribution in [0.5, 0.6) is 0 Å². The zero-order chi connectivity index (χ0) is 17.9. The first-order valence-corrected chi connectivity index (χ1v) is 9.74. The fourth-order valence-electron chi connectivity index (χ4n) is 3.74. The highest BCUT2D eigenvalue weighted by atomic mass is 19.1. The topological polar surface area (TPSA) is 23.8 Å². The summed E-state index contributed by atoms with van der Waals surface area (Å²) in [6, 6.07) is 10.8. The third kappa shape index (κ3) is 6.86. The number of halogens is 1. The van der Waals surface area contributed by atoms with Gasteiger partial charge in [-0.05, 0) is 80.4 Å². The van der Waals surface area contributed by atoms with Gasteiger partial charge in [0, 0.05) is 0 Å². The second-order valence-corrected chi connectivity index (χ2v) is 7.19. The van der Waals surface area contributed by atoms with Crippen LogP contribution < -0.4 is 0 Å². The van der Waals surface area contributed by atoms with E-state index in [1.807, 2.05) is 6.08 Å². The Morgan fingerprint density at radius 3 is 2.56 bits per heavy atom. The van der Waals surface area contributed by atoms with E-state index in [1.54, 1.807) is 6.08 Å². The van der Waals surface area contributed by atoms with E-state index < -0.39 is 5.83 Å². The summed E-state index contributed by atoms with van der Waals surface area (Å²) in [5, 5.41) is 8.34. The fourth-order valence-corrected chi connectivity index (χ4v) is 3.74. The van der Waals surface area contributed by atoms with Crippen LogP contribution in [0, 0.1) is 17.2 Å². The average Bonchev–Trinajstić information content (AvgIpc) is 2.67. The molecule has 0 unspecified atom stereocenters. The van der Waals surface area contributed by atoms with Crippen molar-refractivity contribution in [3.8, 4) is 6.07 Å². The number of nitrogens with zero attached hydrogens (tertiary/aromatic N) is 1. The Labute approximate surface area is 152 Å². The van der Waals surface area contributed by atoms with Crippen molar-refractivity contribution in [3.63, 3.8) is 0 Å². The molecule has 134 valence electrons. The van der Waals surface area contributed by atoms with Gasteiger partial charge in [0.15, 0.2) is 5.83 Å². The first-order valence-electron chi connectivity index (χ1n) is 9.74. The van der Waals surface area contributed by atoms with Gasteiger partial charge in [0.25, 0.3) is 0 Å². The van der Waals surface area contributed by atoms with Crippen LogP contribution in [-0.4, -0.2) is 0 Å². The van der Waals surface area contributed by atoms with Gasteiger partial charge in [0.1, 0.15) is 6.07 Å². The molecule has 1 aromatic rings. The van der Waals surface area contributed by atoms with E-state index in [2.05, 4.69) is 31.2 Å². The van der Waals surface area contributed by atoms with E-state index in [9.17, 15) is 4.39 Å². The number of aryl methyl sites for hydroxylation is 1. The number of hydrogen-bond acceptors (Lipinski definition) is 1. The van der Waals surface area contributed by atoms with Crippen molar-refractivity contribution in [2.45, 2.75) is 70.6 Å². The van der Waals surface area contributed by atoms with Crippen LogP contribution in [0.2, 0.25) is 0 Å². The summed E-state index contributed by atoms with van der Waals surface area (Å²) >= 11 is 0. The maximum Gasteiger partial charge on any atom is 0.199 e. The molecular formula is C23H30FN. The summed E-state index contributed by atoms with van der Waals surface area (Å²) in [7, 11) is 0. The Morgan fingerprint density at radius 1 is 1.20 bits per heavy atom. The highest BCUT2D eigenvalue weighted by Gasteiger charge is 2.21. The molecule has 0 N–H and O–H groups in total. The molecule has 2 heteroatoms. The molecule has 0 atom stereocenters. The van der Waals surface area contributed by atoms with Crippen LogP contribution >= 0.6 is 0 Å². The monoisotopic (exact) mass is 339 g/mol. The van der Waals surface area contributed by atoms with Crippen molar-refractivity contribution < 1.29 is 4.39 Å². The Morgan fingerprint density at radius 2 is 1.92 bits per heavy atom. The van der Waals surface area contributed by atoms with Gasteiger partial charge in [0.05, 0.1) is 0 Å². The third-order valence-electron chi connectivity index (χ3n) is 5.34. The molecule has 0 radical (unpaired) electrons. The molecule has 25 heavy (non-hydrogen) atoms. The van der Waals surface area contributed by atoms with E-state index in [4.69, 9.17) is 5.26 Å². The number of rotatable bonds is 8. The largest absolute Gasteiger partial charge is 0.199 e. The molecule has 0 spiro atoms. The molecule has 2 rings (SSSR count). The zero-order valence-electron chi connectivity index (χ0n) is 15.4. The second-order valence-electron chi connectivity index (χ2n) is 7.19. The highest BCUT2D eigenvalue weighted by molar-refractivity contribution is 5.26. The molecule has 0 saturated heterocycles. The molecule has 0 bridgehead atoms. The number of benzene rings is 1. The molecule has 1 fully saturated rings. The molecule has 1 nitrogen and oxygen atoms in total. The lowest BCUT2D eigenvalue weighted by Crippen LogP contribution is -2.13. The molecule has 1 aromatic carbocycles. The maximum atomic E-state index is 12.7. The minimum absolute atomic E-state index is 0.722. The van der Waals surface area contributed by atoms with Gasteiger partial charge >= 0.3 is 0 Å². The van der Waals surface area contributed by atoms with Crippen LogP contribution in [0.15, 0.2) is 48.3 Å². The second kappa shape index (κ2) is 10.9. The maximum absolute atomic E-state index is 12.7. The standard InChI is InChI=1S/C23H30FN/c1-2-3-7-19-10-14-21(15-11-19)22-16-12-20(13-17-22)8-5-4-6-9-23(24)18-25/h4,6,9-11,14-15,20,22H,2-3,5,7-8,12-13,16-17H2,1H3/t20-,22-. The predicted molar refractivity (Wildman–Crippen MR) is 103 cm³/mol. The van der Waals surface area contributed by atoms with Crippen LogP contribution in [0.4, 0.5) is 4.39 Å². The molecule has 0 aromatic heterocycles. The summed E-state index contributed by atoms with van der Waals surface area (Å²) in [5.74, 6) is 0.784. The van der Waals surface area contributed by atoms with Gasteiger partial charge in [-0.25, -0.2) is 0 Å². The normalized spacial score (nSPS) is 21.4. The summed E-state index contributed by atoms with van der Waals surface area (Å²) in [4.78, 5) is 0. The Hall–Kier alpha value is -1.88. The van der Waals surface area contributed by atoms with Crippen molar-refractivity contribution >= 4 is 0 Å². The summed E-state index contributed by atoms with van der Waals surface area (Å²) in [6.45, 7) is 2.24. The van der Waals surface area contributed by atoms with Crippen molar-refractivity contribution in [1.82, 2.24) is 0 Å². The van der Waals surface area contributed by atoms with Gasteiger partial charge in [0.2, 0.25) is 0 Å². The van der Waals surface area contributed by atoms with Crippen molar-refractivity contribution in [2.75, 3.05) is 0 Å². The van der Waals surface area contributed by atoms with E-state index in [0.717, 1.165) is 18.3 Å². The van der Waals surface area contributed by atoms with E-state index >= 15 is 0 Å². The van der Waals surface area contributed by atoms with Crippen LogP contribution in [-0.2, 0) is 6.42 Å². The van der Waals surface area contributed by atoms with Crippen molar-refractivity contribution in [3.05, 3.63) is 59.4 Å². The third-order valence-corrected chi connectivity index (χ3v) is 5.34. The first kappa shape index (κ1) is 19.4. The summed E-state index contributed by atoms with van der Waals surface area (Å²) in [6.07, 6.45) is 15.9. The molecular weight excluding hydrogens is 309 g/mol. The SMILES string of the molecule is CCCCc1ccc([C@H]2CC[C@H](CCC=CC=C(F)C#N)CC2)cc1. The average molecular weight is 339 g/mol. The highest BCUT2D eigenvalue weighted by Crippen LogP contribution is 2.37. The number of unbranched alkanes of at least 4 members (excludes halogenated alkanes) is 1. The molecule has 1 aliphatic carbocycles. The van der Waals surface area contributed by atoms with Crippen molar-refractivity contribution in [2.24, 2.45) is 5.92 Å². The minimum atomic E-state index is -0.725. The molecule has 0 amide bonds. The summed E-state index contributed by atoms with van der Waals surface area (Å²) < 4.78 is 12.7. The quantitative estimate of drug-likeness (QED) is 0.369. The smallest absolute Gasteiger partial charge is 0.195 e. The zero-order valence-corrected chi connectivity index (χ0v) is 15.4. The lowest BCUT2D eigenvalue weighted by Gasteiger charge is -2.28. The number of hydrogen-bond donors (Lipinski definition) is 0.